The van der Waals surface area contributed by atoms with Gasteiger partial charge < -0.3 is 30.0 Å². The Kier molecular flexibility index (Phi) is 8.35. The van der Waals surface area contributed by atoms with Crippen LogP contribution in [0.25, 0.3) is 0 Å². The van der Waals surface area contributed by atoms with E-state index < -0.39 is 35.9 Å². The number of ketones is 1. The third kappa shape index (κ3) is 5.73. The van der Waals surface area contributed by atoms with Crippen LogP contribution in [-0.2, 0) is 20.9 Å². The van der Waals surface area contributed by atoms with E-state index in [1.807, 2.05) is 12.1 Å². The van der Waals surface area contributed by atoms with Crippen LogP contribution in [0.2, 0.25) is 0 Å². The van der Waals surface area contributed by atoms with Crippen LogP contribution in [0.15, 0.2) is 60.2 Å². The summed E-state index contributed by atoms with van der Waals surface area (Å²) < 4.78 is 20.7. The zero-order valence-electron chi connectivity index (χ0n) is 20.6. The summed E-state index contributed by atoms with van der Waals surface area (Å²) >= 11 is 0. The van der Waals surface area contributed by atoms with E-state index in [9.17, 15) is 29.0 Å². The molecule has 2 aromatic carbocycles. The molecular weight excluding hydrogens is 479 g/mol. The first-order chi connectivity index (χ1) is 17.8. The molecule has 0 saturated carbocycles. The molecule has 0 saturated heterocycles. The third-order valence-electron chi connectivity index (χ3n) is 6.78. The van der Waals surface area contributed by atoms with E-state index in [-0.39, 0.29) is 49.8 Å². The molecule has 0 fully saturated rings. The number of halogens is 1. The number of ether oxygens (including phenoxy) is 1. The summed E-state index contributed by atoms with van der Waals surface area (Å²) in [6.45, 7) is 1.09. The topological polar surface area (TPSA) is 116 Å². The van der Waals surface area contributed by atoms with Crippen molar-refractivity contribution in [1.82, 2.24) is 10.2 Å². The van der Waals surface area contributed by atoms with E-state index in [1.54, 1.807) is 36.4 Å². The van der Waals surface area contributed by atoms with Crippen molar-refractivity contribution in [2.24, 2.45) is 0 Å². The average Bonchev–Trinajstić information content (AvgIpc) is 3.27. The summed E-state index contributed by atoms with van der Waals surface area (Å²) in [5.74, 6) is -1.42. The third-order valence-corrected chi connectivity index (χ3v) is 6.78. The number of Topliss-reactive ketones (excluding diaryl/α,β-unsaturated/α-hetero) is 1. The van der Waals surface area contributed by atoms with Crippen molar-refractivity contribution in [2.45, 2.75) is 56.9 Å². The molecule has 2 aliphatic rings. The van der Waals surface area contributed by atoms with Crippen molar-refractivity contribution in [1.29, 1.82) is 0 Å². The number of para-hydroxylation sites is 1. The molecular formula is C28H31FN2O6. The highest BCUT2D eigenvalue weighted by atomic mass is 19.1. The van der Waals surface area contributed by atoms with Crippen LogP contribution < -0.4 is 10.1 Å². The number of benzene rings is 2. The molecule has 1 aliphatic carbocycles. The highest BCUT2D eigenvalue weighted by Crippen LogP contribution is 2.47. The molecule has 196 valence electrons. The second-order valence-electron chi connectivity index (χ2n) is 9.35. The normalized spacial score (nSPS) is 21.8. The lowest BCUT2D eigenvalue weighted by molar-refractivity contribution is -0.138. The fourth-order valence-electron chi connectivity index (χ4n) is 4.99. The van der Waals surface area contributed by atoms with Gasteiger partial charge in [0.25, 0.3) is 0 Å². The molecule has 2 aromatic rings. The molecule has 0 aromatic heterocycles. The van der Waals surface area contributed by atoms with Crippen LogP contribution in [-0.4, -0.2) is 64.1 Å². The van der Waals surface area contributed by atoms with Gasteiger partial charge in [0.05, 0.1) is 18.6 Å². The zero-order chi connectivity index (χ0) is 26.5. The molecule has 1 aliphatic heterocycles. The molecule has 0 spiro atoms. The maximum atomic E-state index is 14.6. The lowest BCUT2D eigenvalue weighted by Crippen LogP contribution is -2.55. The first-order valence-corrected chi connectivity index (χ1v) is 12.4. The molecule has 4 unspecified atom stereocenters. The second kappa shape index (κ2) is 11.7. The minimum Gasteiger partial charge on any atom is -0.486 e. The monoisotopic (exact) mass is 510 g/mol. The Balaban J connectivity index is 1.73. The van der Waals surface area contributed by atoms with Crippen LogP contribution in [0.1, 0.15) is 43.2 Å². The Morgan fingerprint density at radius 2 is 1.81 bits per heavy atom. The summed E-state index contributed by atoms with van der Waals surface area (Å²) in [6, 6.07) is 12.2. The maximum Gasteiger partial charge on any atom is 0.247 e. The van der Waals surface area contributed by atoms with Crippen molar-refractivity contribution in [3.8, 4) is 5.75 Å². The standard InChI is InChI=1S/C28H31FN2O6/c1-17(33)7-6-12-24(34)31(16-18-8-2-4-10-21(18)29)22-15-20(28(36)30-13-14-32)25-19-9-3-5-11-23(19)37-27(25)26(22)35/h2-5,8-11,15,22,25-27,32,35H,6-7,12-14,16H2,1H3,(H,30,36). The summed E-state index contributed by atoms with van der Waals surface area (Å²) in [5.41, 5.74) is 1.30. The van der Waals surface area contributed by atoms with Crippen LogP contribution in [0.5, 0.6) is 5.75 Å². The van der Waals surface area contributed by atoms with E-state index in [4.69, 9.17) is 4.74 Å². The van der Waals surface area contributed by atoms with E-state index in [1.165, 1.54) is 17.9 Å². The summed E-state index contributed by atoms with van der Waals surface area (Å²) in [4.78, 5) is 39.4. The van der Waals surface area contributed by atoms with E-state index in [2.05, 4.69) is 5.32 Å². The number of aliphatic hydroxyl groups excluding tert-OH is 2. The van der Waals surface area contributed by atoms with E-state index in [0.717, 1.165) is 5.56 Å². The smallest absolute Gasteiger partial charge is 0.247 e. The van der Waals surface area contributed by atoms with Gasteiger partial charge >= 0.3 is 0 Å². The van der Waals surface area contributed by atoms with Gasteiger partial charge in [0.1, 0.15) is 29.6 Å². The highest BCUT2D eigenvalue weighted by Gasteiger charge is 2.50. The number of nitrogens with one attached hydrogen (secondary N) is 1. The number of nitrogens with zero attached hydrogens (tertiary/aromatic N) is 1. The van der Waals surface area contributed by atoms with Crippen molar-refractivity contribution < 1.29 is 33.7 Å². The van der Waals surface area contributed by atoms with Crippen molar-refractivity contribution in [3.05, 3.63) is 77.1 Å². The van der Waals surface area contributed by atoms with Gasteiger partial charge in [-0.2, -0.15) is 0 Å². The molecule has 37 heavy (non-hydrogen) atoms. The van der Waals surface area contributed by atoms with Crippen molar-refractivity contribution in [2.75, 3.05) is 13.2 Å². The van der Waals surface area contributed by atoms with Gasteiger partial charge in [0, 0.05) is 42.6 Å². The molecule has 2 amide bonds. The summed E-state index contributed by atoms with van der Waals surface area (Å²) in [6.07, 6.45) is 0.0396. The molecule has 0 radical (unpaired) electrons. The minimum absolute atomic E-state index is 0.0202. The molecule has 4 atom stereocenters. The zero-order valence-corrected chi connectivity index (χ0v) is 20.6. The predicted octanol–water partition coefficient (Wildman–Crippen LogP) is 2.24. The predicted molar refractivity (Wildman–Crippen MR) is 133 cm³/mol. The van der Waals surface area contributed by atoms with Gasteiger partial charge in [-0.05, 0) is 31.6 Å². The Morgan fingerprint density at radius 3 is 2.54 bits per heavy atom. The van der Waals surface area contributed by atoms with Crippen molar-refractivity contribution in [3.63, 3.8) is 0 Å². The molecule has 8 nitrogen and oxygen atoms in total. The first kappa shape index (κ1) is 26.5. The largest absolute Gasteiger partial charge is 0.486 e. The van der Waals surface area contributed by atoms with Crippen molar-refractivity contribution >= 4 is 17.6 Å². The number of hydrogen-bond acceptors (Lipinski definition) is 6. The van der Waals surface area contributed by atoms with Gasteiger partial charge in [-0.1, -0.05) is 36.4 Å². The summed E-state index contributed by atoms with van der Waals surface area (Å²) in [7, 11) is 0. The quantitative estimate of drug-likeness (QED) is 0.452. The number of amides is 2. The fraction of sp³-hybridized carbons (Fsp3) is 0.393. The van der Waals surface area contributed by atoms with E-state index in [0.29, 0.717) is 17.7 Å². The highest BCUT2D eigenvalue weighted by molar-refractivity contribution is 5.96. The second-order valence-corrected chi connectivity index (χ2v) is 9.35. The molecule has 0 bridgehead atoms. The van der Waals surface area contributed by atoms with Gasteiger partial charge in [-0.15, -0.1) is 0 Å². The lowest BCUT2D eigenvalue weighted by Gasteiger charge is -2.41. The number of rotatable bonds is 10. The lowest BCUT2D eigenvalue weighted by atomic mass is 9.77. The van der Waals surface area contributed by atoms with Gasteiger partial charge in [0.2, 0.25) is 11.8 Å². The van der Waals surface area contributed by atoms with Gasteiger partial charge in [-0.25, -0.2) is 4.39 Å². The minimum atomic E-state index is -1.21. The molecule has 1 heterocycles. The SMILES string of the molecule is CC(=O)CCCC(=O)N(Cc1ccccc1F)C1C=C(C(=O)NCCO)C2c3ccccc3OC2C1O. The fourth-order valence-corrected chi connectivity index (χ4v) is 4.99. The van der Waals surface area contributed by atoms with Gasteiger partial charge in [0.15, 0.2) is 0 Å². The number of aliphatic hydroxyl groups is 2. The molecule has 4 rings (SSSR count). The van der Waals surface area contributed by atoms with Gasteiger partial charge in [-0.3, -0.25) is 9.59 Å². The Hall–Kier alpha value is -3.56. The van der Waals surface area contributed by atoms with Crippen LogP contribution in [0, 0.1) is 5.82 Å². The summed E-state index contributed by atoms with van der Waals surface area (Å²) in [5, 5.41) is 23.4. The first-order valence-electron chi connectivity index (χ1n) is 12.4. The molecule has 3 N–H and O–H groups in total. The Morgan fingerprint density at radius 1 is 1.08 bits per heavy atom. The number of carbonyl (C=O) groups excluding carboxylic acids is 3. The number of carbonyl (C=O) groups is 3. The van der Waals surface area contributed by atoms with Crippen LogP contribution >= 0.6 is 0 Å². The number of fused-ring (bicyclic) bond motifs is 3. The molecule has 9 heteroatoms. The van der Waals surface area contributed by atoms with Crippen LogP contribution in [0.3, 0.4) is 0 Å². The number of hydrogen-bond donors (Lipinski definition) is 3. The van der Waals surface area contributed by atoms with E-state index >= 15 is 0 Å². The average molecular weight is 511 g/mol. The maximum absolute atomic E-state index is 14.6. The Bertz CT molecular complexity index is 1200. The van der Waals surface area contributed by atoms with Crippen LogP contribution in [0.4, 0.5) is 4.39 Å². The Labute approximate surface area is 214 Å².